The number of aromatic amines is 5. The first-order chi connectivity index (χ1) is 52.6. The third kappa shape index (κ3) is 70.2. The van der Waals surface area contributed by atoms with E-state index in [1.54, 1.807) is 36.3 Å². The SMILES string of the molecule is CC.CC.CC.CC.CC.CC.CC.CC.CC.CC.CC(C)(C)c1cc[nH]c1.CC(C)(C)c1ccc[nH]1.CC(C)(C)c1ccccn1.CC(C)(C)c1cccnc1.CC(C)(C)c1cccs1.CC(C)(C)c1ccn[nH]1.CC(C)(C)c1ccncc1.CC(C)(C)c1ccsc1.CC(C)(C)c1cnc[nH]1.CC(C)(C)c1ncc[nH]1. The summed E-state index contributed by atoms with van der Waals surface area (Å²) in [6.07, 6.45) is 24.2. The van der Waals surface area contributed by atoms with Gasteiger partial charge in [0, 0.05) is 129 Å². The lowest BCUT2D eigenvalue weighted by molar-refractivity contribution is 0.552. The van der Waals surface area contributed by atoms with Crippen LogP contribution in [0.3, 0.4) is 0 Å². The van der Waals surface area contributed by atoms with Crippen LogP contribution in [-0.2, 0) is 54.1 Å². The maximum atomic E-state index is 4.25. The molecule has 0 aliphatic heterocycles. The van der Waals surface area contributed by atoms with Gasteiger partial charge in [0.2, 0.25) is 0 Å². The fraction of sp³-hybridized carbons (Fsp3) is 0.600. The van der Waals surface area contributed by atoms with Gasteiger partial charge in [-0.05, 0) is 132 Å². The Morgan fingerprint density at radius 3 is 0.982 bits per heavy atom. The van der Waals surface area contributed by atoms with Crippen LogP contribution in [0.2, 0.25) is 0 Å². The van der Waals surface area contributed by atoms with E-state index in [1.165, 1.54) is 44.2 Å². The first-order valence-corrected chi connectivity index (χ1v) is 44.4. The van der Waals surface area contributed by atoms with Gasteiger partial charge in [-0.2, -0.15) is 16.4 Å². The van der Waals surface area contributed by atoms with Crippen LogP contribution in [0.1, 0.15) is 402 Å². The van der Waals surface area contributed by atoms with Crippen LogP contribution in [0.4, 0.5) is 0 Å². The number of H-pyrrole nitrogens is 5. The zero-order valence-electron chi connectivity index (χ0n) is 83.3. The Morgan fingerprint density at radius 2 is 0.779 bits per heavy atom. The summed E-state index contributed by atoms with van der Waals surface area (Å²) >= 11 is 3.60. The molecule has 0 radical (unpaired) electrons. The number of nitrogens with one attached hydrogen (secondary N) is 5. The topological polar surface area (TPSA) is 156 Å². The van der Waals surface area contributed by atoms with Crippen molar-refractivity contribution in [3.63, 3.8) is 0 Å². The van der Waals surface area contributed by atoms with Crippen molar-refractivity contribution >= 4 is 22.7 Å². The van der Waals surface area contributed by atoms with Crippen LogP contribution in [-0.4, -0.2) is 55.1 Å². The van der Waals surface area contributed by atoms with Crippen molar-refractivity contribution in [2.75, 3.05) is 0 Å². The molecule has 0 bridgehead atoms. The number of pyridine rings is 3. The Morgan fingerprint density at radius 1 is 0.283 bits per heavy atom. The molecule has 10 aromatic rings. The summed E-state index contributed by atoms with van der Waals surface area (Å²) in [5.41, 5.74) is 12.7. The fourth-order valence-electron chi connectivity index (χ4n) is 7.46. The molecular formula is C100H185N11S2. The van der Waals surface area contributed by atoms with Crippen molar-refractivity contribution < 1.29 is 0 Å². The minimum atomic E-state index is 0.156. The van der Waals surface area contributed by atoms with Crippen LogP contribution >= 0.6 is 22.7 Å². The highest BCUT2D eigenvalue weighted by Crippen LogP contribution is 2.28. The summed E-state index contributed by atoms with van der Waals surface area (Å²) in [5, 5.41) is 13.3. The molecule has 10 rings (SSSR count). The summed E-state index contributed by atoms with van der Waals surface area (Å²) in [4.78, 5) is 34.1. The van der Waals surface area contributed by atoms with E-state index in [1.807, 2.05) is 236 Å². The van der Waals surface area contributed by atoms with Crippen LogP contribution in [0.5, 0.6) is 0 Å². The number of aromatic nitrogens is 11. The average molecular weight is 1610 g/mol. The Labute approximate surface area is 711 Å². The second kappa shape index (κ2) is 71.6. The lowest BCUT2D eigenvalue weighted by atomic mass is 9.88. The van der Waals surface area contributed by atoms with Gasteiger partial charge in [0.05, 0.1) is 6.33 Å². The van der Waals surface area contributed by atoms with Gasteiger partial charge < -0.3 is 19.9 Å². The molecule has 0 aromatic carbocycles. The molecule has 113 heavy (non-hydrogen) atoms. The normalized spacial score (nSPS) is 10.2. The Kier molecular flexibility index (Phi) is 80.3. The molecule has 0 saturated heterocycles. The molecular weight excluding hydrogens is 1420 g/mol. The molecule has 0 unspecified atom stereocenters. The van der Waals surface area contributed by atoms with Gasteiger partial charge in [-0.1, -0.05) is 364 Å². The van der Waals surface area contributed by atoms with E-state index < -0.39 is 0 Å². The van der Waals surface area contributed by atoms with Crippen molar-refractivity contribution in [3.05, 3.63) is 237 Å². The Bertz CT molecular complexity index is 2750. The molecule has 0 saturated carbocycles. The maximum Gasteiger partial charge on any atom is 0.111 e. The van der Waals surface area contributed by atoms with E-state index in [2.05, 4.69) is 334 Å². The predicted octanol–water partition coefficient (Wildman–Crippen LogP) is 33.2. The van der Waals surface area contributed by atoms with E-state index >= 15 is 0 Å². The number of hydrogen-bond donors (Lipinski definition) is 5. The van der Waals surface area contributed by atoms with E-state index in [0.717, 1.165) is 11.5 Å². The zero-order valence-corrected chi connectivity index (χ0v) is 85.0. The smallest absolute Gasteiger partial charge is 0.111 e. The number of hydrogen-bond acceptors (Lipinski definition) is 8. The predicted molar refractivity (Wildman–Crippen MR) is 519 cm³/mol. The Hall–Kier alpha value is -6.96. The minimum Gasteiger partial charge on any atom is -0.367 e. The summed E-state index contributed by atoms with van der Waals surface area (Å²) in [6, 6.07) is 28.9. The first-order valence-electron chi connectivity index (χ1n) is 42.6. The molecule has 0 fully saturated rings. The van der Waals surface area contributed by atoms with E-state index in [0.29, 0.717) is 16.2 Å². The van der Waals surface area contributed by atoms with E-state index in [-0.39, 0.29) is 37.9 Å². The average Bonchev–Trinajstić information content (AvgIpc) is 1.70. The van der Waals surface area contributed by atoms with Crippen molar-refractivity contribution in [2.45, 2.75) is 400 Å². The van der Waals surface area contributed by atoms with Crippen molar-refractivity contribution in [2.24, 2.45) is 0 Å². The quantitative estimate of drug-likeness (QED) is 0.102. The van der Waals surface area contributed by atoms with Gasteiger partial charge in [-0.15, -0.1) is 11.3 Å². The minimum absolute atomic E-state index is 0.156. The van der Waals surface area contributed by atoms with Gasteiger partial charge in [0.1, 0.15) is 5.82 Å². The monoisotopic (exact) mass is 1600 g/mol. The van der Waals surface area contributed by atoms with Gasteiger partial charge in [0.25, 0.3) is 0 Å². The molecule has 0 atom stereocenters. The van der Waals surface area contributed by atoms with Crippen LogP contribution < -0.4 is 0 Å². The second-order valence-corrected chi connectivity index (χ2v) is 35.0. The van der Waals surface area contributed by atoms with Gasteiger partial charge >= 0.3 is 0 Å². The summed E-state index contributed by atoms with van der Waals surface area (Å²) in [7, 11) is 0. The van der Waals surface area contributed by atoms with Crippen LogP contribution in [0, 0.1) is 0 Å². The zero-order chi connectivity index (χ0) is 91.2. The van der Waals surface area contributed by atoms with Crippen LogP contribution in [0.15, 0.2) is 182 Å². The number of nitrogens with zero attached hydrogens (tertiary/aromatic N) is 6. The third-order valence-electron chi connectivity index (χ3n) is 13.8. The second-order valence-electron chi connectivity index (χ2n) is 33.2. The number of rotatable bonds is 0. The van der Waals surface area contributed by atoms with Crippen molar-refractivity contribution in [1.82, 2.24) is 55.1 Å². The van der Waals surface area contributed by atoms with Gasteiger partial charge in [-0.3, -0.25) is 20.1 Å². The third-order valence-corrected chi connectivity index (χ3v) is 15.8. The summed E-state index contributed by atoms with van der Waals surface area (Å²) in [5.74, 6) is 1.04. The lowest BCUT2D eigenvalue weighted by Crippen LogP contribution is -2.12. The molecule has 0 spiro atoms. The van der Waals surface area contributed by atoms with E-state index in [4.69, 9.17) is 0 Å². The van der Waals surface area contributed by atoms with Gasteiger partial charge in [0.15, 0.2) is 0 Å². The highest BCUT2D eigenvalue weighted by atomic mass is 32.1. The van der Waals surface area contributed by atoms with E-state index in [9.17, 15) is 0 Å². The number of imidazole rings is 2. The molecule has 0 aliphatic rings. The molecule has 0 aliphatic carbocycles. The molecule has 652 valence electrons. The maximum absolute atomic E-state index is 4.25. The highest BCUT2D eigenvalue weighted by Gasteiger charge is 2.19. The molecule has 13 heteroatoms. The standard InChI is InChI=1S/3C9H13N.2C8H13N.2C8H12S.3C7H12N2.10C2H6/c1-9(2,3)8-4-6-10-7-5-8;1-9(2,3)8-5-4-6-10-7-8;1-9(2,3)8-6-4-5-7-10-8;1-8(2,3)7-4-5-9-6-7;1-8(2,3)7-5-4-6-9-7;1-8(2,3)7-4-5-9-6-7;1-8(2,3)7-5-4-6-9-7;1-7(2,3)6-4-8-5-9-6;1-7(2,3)6-8-4-5-9-6;1-7(2,3)6-4-5-8-9-6;10*1-2/h3*4-7H,1-3H3;2*4-6,9H,1-3H3;2*4-6H,1-3H3;3*4-5H,1-3H3,(H,8,9);10*1-2H3. The lowest BCUT2D eigenvalue weighted by Gasteiger charge is -2.17. The largest absolute Gasteiger partial charge is 0.367 e. The summed E-state index contributed by atoms with van der Waals surface area (Å²) in [6.45, 7) is 106. The number of thiophene rings is 2. The summed E-state index contributed by atoms with van der Waals surface area (Å²) < 4.78 is 0. The molecule has 11 nitrogen and oxygen atoms in total. The Balaban J connectivity index is -0.000000127. The first kappa shape index (κ1) is 127. The molecule has 10 aromatic heterocycles. The highest BCUT2D eigenvalue weighted by molar-refractivity contribution is 7.10. The van der Waals surface area contributed by atoms with Crippen LogP contribution in [0.25, 0.3) is 0 Å². The van der Waals surface area contributed by atoms with Gasteiger partial charge in [-0.25, -0.2) is 9.97 Å². The van der Waals surface area contributed by atoms with Crippen molar-refractivity contribution in [1.29, 1.82) is 0 Å². The van der Waals surface area contributed by atoms with Crippen molar-refractivity contribution in [3.8, 4) is 0 Å². The molecule has 5 N–H and O–H groups in total. The molecule has 10 heterocycles. The molecule has 0 amide bonds. The fourth-order valence-corrected chi connectivity index (χ4v) is 9.16.